The summed E-state index contributed by atoms with van der Waals surface area (Å²) in [7, 11) is 1.49. The number of carbonyl (C=O) groups excluding carboxylic acids is 1. The van der Waals surface area contributed by atoms with E-state index in [4.69, 9.17) is 4.84 Å². The lowest BCUT2D eigenvalue weighted by molar-refractivity contribution is 0.211. The van der Waals surface area contributed by atoms with Crippen molar-refractivity contribution in [2.24, 2.45) is 11.1 Å². The molecule has 0 aromatic heterocycles. The first-order chi connectivity index (χ1) is 10.0. The highest BCUT2D eigenvalue weighted by Crippen LogP contribution is 2.38. The molecule has 3 unspecified atom stereocenters. The van der Waals surface area contributed by atoms with Crippen molar-refractivity contribution in [1.29, 1.82) is 0 Å². The third kappa shape index (κ3) is 3.63. The summed E-state index contributed by atoms with van der Waals surface area (Å²) in [6.07, 6.45) is 3.42. The van der Waals surface area contributed by atoms with Crippen LogP contribution in [-0.2, 0) is 4.84 Å². The summed E-state index contributed by atoms with van der Waals surface area (Å²) in [6.45, 7) is 4.28. The Hall–Kier alpha value is -1.83. The number of amides is 2. The molecule has 0 bridgehead atoms. The molecule has 1 aliphatic heterocycles. The highest BCUT2D eigenvalue weighted by molar-refractivity contribution is 8.01. The van der Waals surface area contributed by atoms with Gasteiger partial charge in [0.15, 0.2) is 0 Å². The van der Waals surface area contributed by atoms with Crippen molar-refractivity contribution >= 4 is 23.5 Å². The Labute approximate surface area is 127 Å². The van der Waals surface area contributed by atoms with E-state index in [0.29, 0.717) is 6.54 Å². The fraction of sp³-hybridized carbons (Fsp3) is 0.538. The van der Waals surface area contributed by atoms with Gasteiger partial charge in [-0.25, -0.2) is 4.79 Å². The number of carbonyl (C=O) groups is 1. The third-order valence-corrected chi connectivity index (χ3v) is 4.53. The first kappa shape index (κ1) is 15.6. The van der Waals surface area contributed by atoms with Crippen molar-refractivity contribution in [2.75, 3.05) is 13.7 Å². The number of oxime groups is 1. The number of aliphatic hydroxyl groups excluding tert-OH is 1. The second kappa shape index (κ2) is 6.75. The van der Waals surface area contributed by atoms with E-state index in [1.54, 1.807) is 23.9 Å². The van der Waals surface area contributed by atoms with Crippen molar-refractivity contribution in [3.63, 3.8) is 0 Å². The SMILES string of the molecule is CCNC(=O)NC1NC2=CC(O)=CC(/C(C)=N/OC)C2S1. The number of hydrogen-bond acceptors (Lipinski definition) is 6. The van der Waals surface area contributed by atoms with Crippen LogP contribution in [-0.4, -0.2) is 41.3 Å². The van der Waals surface area contributed by atoms with Gasteiger partial charge in [0.1, 0.15) is 18.4 Å². The number of nitrogens with one attached hydrogen (secondary N) is 3. The Balaban J connectivity index is 2.09. The summed E-state index contributed by atoms with van der Waals surface area (Å²) >= 11 is 1.57. The van der Waals surface area contributed by atoms with Gasteiger partial charge < -0.3 is 25.9 Å². The van der Waals surface area contributed by atoms with E-state index in [-0.39, 0.29) is 28.5 Å². The van der Waals surface area contributed by atoms with Gasteiger partial charge in [0.25, 0.3) is 0 Å². The molecule has 0 spiro atoms. The summed E-state index contributed by atoms with van der Waals surface area (Å²) in [5.74, 6) is 0.104. The fourth-order valence-corrected chi connectivity index (χ4v) is 3.71. The summed E-state index contributed by atoms with van der Waals surface area (Å²) < 4.78 is 0. The highest BCUT2D eigenvalue weighted by atomic mass is 32.2. The van der Waals surface area contributed by atoms with Crippen LogP contribution in [0, 0.1) is 5.92 Å². The predicted octanol–water partition coefficient (Wildman–Crippen LogP) is 1.27. The predicted molar refractivity (Wildman–Crippen MR) is 82.9 cm³/mol. The molecule has 2 amide bonds. The van der Waals surface area contributed by atoms with Gasteiger partial charge >= 0.3 is 6.03 Å². The largest absolute Gasteiger partial charge is 0.508 e. The molecule has 0 aromatic rings. The maximum atomic E-state index is 11.6. The van der Waals surface area contributed by atoms with Crippen LogP contribution in [0.5, 0.6) is 0 Å². The van der Waals surface area contributed by atoms with Crippen molar-refractivity contribution in [3.05, 3.63) is 23.6 Å². The molecule has 0 radical (unpaired) electrons. The Bertz CT molecular complexity index is 504. The van der Waals surface area contributed by atoms with Crippen molar-refractivity contribution < 1.29 is 14.7 Å². The molecule has 4 N–H and O–H groups in total. The van der Waals surface area contributed by atoms with E-state index in [9.17, 15) is 9.90 Å². The summed E-state index contributed by atoms with van der Waals surface area (Å²) in [6, 6.07) is -0.224. The van der Waals surface area contributed by atoms with Crippen molar-refractivity contribution in [2.45, 2.75) is 24.6 Å². The lowest BCUT2D eigenvalue weighted by Crippen LogP contribution is -2.44. The van der Waals surface area contributed by atoms with Crippen LogP contribution in [0.2, 0.25) is 0 Å². The Morgan fingerprint density at radius 2 is 2.38 bits per heavy atom. The van der Waals surface area contributed by atoms with E-state index in [1.165, 1.54) is 7.11 Å². The van der Waals surface area contributed by atoms with Gasteiger partial charge in [-0.1, -0.05) is 5.16 Å². The van der Waals surface area contributed by atoms with Gasteiger partial charge in [-0.2, -0.15) is 0 Å². The molecule has 1 fully saturated rings. The smallest absolute Gasteiger partial charge is 0.317 e. The molecule has 2 rings (SSSR count). The number of rotatable bonds is 4. The minimum atomic E-state index is -0.245. The van der Waals surface area contributed by atoms with E-state index < -0.39 is 0 Å². The molecule has 116 valence electrons. The zero-order valence-corrected chi connectivity index (χ0v) is 13.0. The van der Waals surface area contributed by atoms with Crippen LogP contribution >= 0.6 is 11.8 Å². The van der Waals surface area contributed by atoms with Crippen LogP contribution < -0.4 is 16.0 Å². The normalized spacial score (nSPS) is 28.0. The number of hydrogen-bond donors (Lipinski definition) is 4. The molecule has 2 aliphatic rings. The topological polar surface area (TPSA) is 95.0 Å². The Morgan fingerprint density at radius 3 is 3.05 bits per heavy atom. The van der Waals surface area contributed by atoms with E-state index >= 15 is 0 Å². The van der Waals surface area contributed by atoms with Crippen molar-refractivity contribution in [3.8, 4) is 0 Å². The first-order valence-corrected chi connectivity index (χ1v) is 7.65. The third-order valence-electron chi connectivity index (χ3n) is 3.18. The first-order valence-electron chi connectivity index (χ1n) is 6.71. The van der Waals surface area contributed by atoms with Crippen LogP contribution in [0.15, 0.2) is 28.8 Å². The zero-order valence-electron chi connectivity index (χ0n) is 12.2. The fourth-order valence-electron chi connectivity index (χ4n) is 2.31. The molecule has 1 saturated heterocycles. The molecule has 1 aliphatic carbocycles. The highest BCUT2D eigenvalue weighted by Gasteiger charge is 2.39. The number of urea groups is 1. The molecule has 0 saturated carbocycles. The quantitative estimate of drug-likeness (QED) is 0.463. The van der Waals surface area contributed by atoms with Gasteiger partial charge in [-0.15, -0.1) is 11.8 Å². The maximum Gasteiger partial charge on any atom is 0.317 e. The van der Waals surface area contributed by atoms with Crippen molar-refractivity contribution in [1.82, 2.24) is 16.0 Å². The number of allylic oxidation sites excluding steroid dienone is 2. The summed E-state index contributed by atoms with van der Waals surface area (Å²) in [4.78, 5) is 16.4. The number of aliphatic hydroxyl groups is 1. The summed E-state index contributed by atoms with van der Waals surface area (Å²) in [5, 5.41) is 22.6. The molecule has 7 nitrogen and oxygen atoms in total. The van der Waals surface area contributed by atoms with Gasteiger partial charge in [0.05, 0.1) is 11.0 Å². The minimum absolute atomic E-state index is 0.0618. The monoisotopic (exact) mass is 312 g/mol. The number of nitrogens with zero attached hydrogens (tertiary/aromatic N) is 1. The second-order valence-corrected chi connectivity index (χ2v) is 5.97. The zero-order chi connectivity index (χ0) is 15.4. The molecule has 21 heavy (non-hydrogen) atoms. The van der Waals surface area contributed by atoms with E-state index in [0.717, 1.165) is 11.4 Å². The van der Waals surface area contributed by atoms with E-state index in [2.05, 4.69) is 21.1 Å². The average Bonchev–Trinajstić information content (AvgIpc) is 2.80. The Kier molecular flexibility index (Phi) is 5.00. The van der Waals surface area contributed by atoms with E-state index in [1.807, 2.05) is 13.8 Å². The van der Waals surface area contributed by atoms with Crippen LogP contribution in [0.1, 0.15) is 13.8 Å². The van der Waals surface area contributed by atoms with Crippen LogP contribution in [0.3, 0.4) is 0 Å². The lowest BCUT2D eigenvalue weighted by atomic mass is 9.93. The maximum absolute atomic E-state index is 11.6. The van der Waals surface area contributed by atoms with Gasteiger partial charge in [-0.05, 0) is 26.0 Å². The molecule has 8 heteroatoms. The van der Waals surface area contributed by atoms with Gasteiger partial charge in [-0.3, -0.25) is 0 Å². The minimum Gasteiger partial charge on any atom is -0.508 e. The molecule has 0 aromatic carbocycles. The molecular weight excluding hydrogens is 292 g/mol. The Morgan fingerprint density at radius 1 is 1.62 bits per heavy atom. The lowest BCUT2D eigenvalue weighted by Gasteiger charge is -2.23. The second-order valence-electron chi connectivity index (χ2n) is 4.72. The van der Waals surface area contributed by atoms with Crippen LogP contribution in [0.25, 0.3) is 0 Å². The standard InChI is InChI=1S/C13H20N4O3S/c1-4-14-12(19)16-13-15-10-6-8(18)5-9(11(10)21-13)7(2)17-20-3/h5-6,9,11,13,15,18H,4H2,1-3H3,(H2,14,16,19)/b17-7+. The van der Waals surface area contributed by atoms with Gasteiger partial charge in [0.2, 0.25) is 0 Å². The van der Waals surface area contributed by atoms with Crippen LogP contribution in [0.4, 0.5) is 4.79 Å². The summed E-state index contributed by atoms with van der Waals surface area (Å²) in [5.41, 5.74) is 1.40. The average molecular weight is 312 g/mol. The molecule has 1 heterocycles. The van der Waals surface area contributed by atoms with Gasteiger partial charge in [0, 0.05) is 18.2 Å². The molecular formula is C13H20N4O3S. The number of fused-ring (bicyclic) bond motifs is 1. The number of thioether (sulfide) groups is 1. The molecule has 3 atom stereocenters.